The van der Waals surface area contributed by atoms with Gasteiger partial charge in [-0.05, 0) is 36.6 Å². The van der Waals surface area contributed by atoms with Crippen LogP contribution < -0.4 is 0 Å². The zero-order chi connectivity index (χ0) is 23.3. The second-order valence-electron chi connectivity index (χ2n) is 9.53. The van der Waals surface area contributed by atoms with Crippen LogP contribution >= 0.6 is 0 Å². The minimum absolute atomic E-state index is 0.00181. The predicted octanol–water partition coefficient (Wildman–Crippen LogP) is 4.94. The molecule has 0 N–H and O–H groups in total. The third-order valence-corrected chi connectivity index (χ3v) is 7.31. The number of amides is 2. The molecule has 0 bridgehead atoms. The Hall–Kier alpha value is -3.28. The van der Waals surface area contributed by atoms with Crippen molar-refractivity contribution < 1.29 is 9.59 Å². The van der Waals surface area contributed by atoms with Gasteiger partial charge in [0.25, 0.3) is 5.91 Å². The van der Waals surface area contributed by atoms with E-state index >= 15 is 0 Å². The Balaban J connectivity index is 1.27. The highest BCUT2D eigenvalue weighted by molar-refractivity contribution is 6.07. The van der Waals surface area contributed by atoms with Crippen molar-refractivity contribution in [1.29, 1.82) is 0 Å². The van der Waals surface area contributed by atoms with E-state index in [9.17, 15) is 9.59 Å². The summed E-state index contributed by atoms with van der Waals surface area (Å²) in [7, 11) is 0. The number of hydrogen-bond acceptors (Lipinski definition) is 4. The van der Waals surface area contributed by atoms with Crippen molar-refractivity contribution in [2.75, 3.05) is 26.2 Å². The molecular weight excluding hydrogens is 424 g/mol. The quantitative estimate of drug-likeness (QED) is 0.545. The van der Waals surface area contributed by atoms with Gasteiger partial charge >= 0.3 is 0 Å². The van der Waals surface area contributed by atoms with E-state index in [0.717, 1.165) is 34.5 Å². The molecule has 1 aliphatic heterocycles. The topological polar surface area (TPSA) is 66.4 Å². The normalized spacial score (nSPS) is 17.2. The number of fused-ring (bicyclic) bond motifs is 1. The van der Waals surface area contributed by atoms with Crippen LogP contribution in [-0.2, 0) is 4.79 Å². The minimum atomic E-state index is -0.00181. The highest BCUT2D eigenvalue weighted by Crippen LogP contribution is 2.28. The molecule has 5 rings (SSSR count). The Morgan fingerprint density at radius 3 is 2.44 bits per heavy atom. The molecule has 2 fully saturated rings. The van der Waals surface area contributed by atoms with Gasteiger partial charge in [0.05, 0.1) is 16.8 Å². The number of rotatable bonds is 5. The smallest absolute Gasteiger partial charge is 0.254 e. The molecular formula is C28H32N4O2. The van der Waals surface area contributed by atoms with E-state index in [1.807, 2.05) is 52.3 Å². The lowest BCUT2D eigenvalue weighted by Gasteiger charge is -2.35. The molecule has 0 spiro atoms. The molecule has 2 amide bonds. The first kappa shape index (κ1) is 22.5. The fourth-order valence-corrected chi connectivity index (χ4v) is 5.31. The van der Waals surface area contributed by atoms with Gasteiger partial charge in [0.1, 0.15) is 0 Å². The summed E-state index contributed by atoms with van der Waals surface area (Å²) in [4.78, 5) is 39.1. The maximum atomic E-state index is 13.6. The van der Waals surface area contributed by atoms with Gasteiger partial charge in [-0.2, -0.15) is 0 Å². The van der Waals surface area contributed by atoms with Gasteiger partial charge < -0.3 is 9.80 Å². The first-order chi connectivity index (χ1) is 16.7. The zero-order valence-corrected chi connectivity index (χ0v) is 19.7. The van der Waals surface area contributed by atoms with Gasteiger partial charge in [-0.3, -0.25) is 14.6 Å². The first-order valence-electron chi connectivity index (χ1n) is 12.6. The van der Waals surface area contributed by atoms with Crippen LogP contribution in [0, 0.1) is 5.92 Å². The molecule has 1 saturated carbocycles. The average Bonchev–Trinajstić information content (AvgIpc) is 2.92. The summed E-state index contributed by atoms with van der Waals surface area (Å²) < 4.78 is 0. The van der Waals surface area contributed by atoms with Crippen LogP contribution in [0.4, 0.5) is 0 Å². The number of aromatic nitrogens is 2. The van der Waals surface area contributed by atoms with Crippen molar-refractivity contribution in [3.05, 3.63) is 60.4 Å². The van der Waals surface area contributed by atoms with E-state index in [0.29, 0.717) is 38.2 Å². The van der Waals surface area contributed by atoms with Gasteiger partial charge in [0, 0.05) is 55.9 Å². The molecule has 6 nitrogen and oxygen atoms in total. The minimum Gasteiger partial charge on any atom is -0.339 e. The van der Waals surface area contributed by atoms with Crippen molar-refractivity contribution in [1.82, 2.24) is 19.8 Å². The largest absolute Gasteiger partial charge is 0.339 e. The second-order valence-corrected chi connectivity index (χ2v) is 9.53. The Morgan fingerprint density at radius 2 is 1.68 bits per heavy atom. The van der Waals surface area contributed by atoms with Crippen molar-refractivity contribution in [2.45, 2.75) is 44.9 Å². The number of para-hydroxylation sites is 1. The van der Waals surface area contributed by atoms with E-state index in [4.69, 9.17) is 4.98 Å². The number of hydrogen-bond donors (Lipinski definition) is 0. The number of carbonyl (C=O) groups excluding carboxylic acids is 2. The highest BCUT2D eigenvalue weighted by atomic mass is 16.2. The van der Waals surface area contributed by atoms with Crippen LogP contribution in [0.5, 0.6) is 0 Å². The van der Waals surface area contributed by atoms with Crippen LogP contribution in [0.2, 0.25) is 0 Å². The monoisotopic (exact) mass is 456 g/mol. The van der Waals surface area contributed by atoms with E-state index in [-0.39, 0.29) is 11.8 Å². The molecule has 3 aromatic rings. The van der Waals surface area contributed by atoms with Gasteiger partial charge in [-0.1, -0.05) is 50.3 Å². The third kappa shape index (κ3) is 4.96. The lowest BCUT2D eigenvalue weighted by atomic mass is 9.86. The van der Waals surface area contributed by atoms with E-state index in [2.05, 4.69) is 4.98 Å². The van der Waals surface area contributed by atoms with Crippen molar-refractivity contribution in [2.24, 2.45) is 5.92 Å². The van der Waals surface area contributed by atoms with Crippen LogP contribution in [0.15, 0.2) is 54.9 Å². The third-order valence-electron chi connectivity index (χ3n) is 7.31. The summed E-state index contributed by atoms with van der Waals surface area (Å²) >= 11 is 0. The van der Waals surface area contributed by atoms with Gasteiger partial charge in [0.2, 0.25) is 5.91 Å². The molecule has 176 valence electrons. The summed E-state index contributed by atoms with van der Waals surface area (Å²) in [6.45, 7) is 2.33. The van der Waals surface area contributed by atoms with Crippen LogP contribution in [0.3, 0.4) is 0 Å². The lowest BCUT2D eigenvalue weighted by molar-refractivity contribution is -0.133. The van der Waals surface area contributed by atoms with Crippen molar-refractivity contribution >= 4 is 22.7 Å². The average molecular weight is 457 g/mol. The van der Waals surface area contributed by atoms with Crippen molar-refractivity contribution in [3.63, 3.8) is 0 Å². The highest BCUT2D eigenvalue weighted by Gasteiger charge is 2.27. The lowest BCUT2D eigenvalue weighted by Crippen LogP contribution is -2.50. The summed E-state index contributed by atoms with van der Waals surface area (Å²) in [5.41, 5.74) is 3.08. The number of nitrogens with zero attached hydrogens (tertiary/aromatic N) is 4. The second kappa shape index (κ2) is 10.3. The van der Waals surface area contributed by atoms with Gasteiger partial charge in [-0.25, -0.2) is 4.98 Å². The maximum absolute atomic E-state index is 13.6. The number of pyridine rings is 2. The molecule has 1 aromatic carbocycles. The molecule has 2 aliphatic rings. The molecule has 0 unspecified atom stereocenters. The molecule has 2 aromatic heterocycles. The Morgan fingerprint density at radius 1 is 0.912 bits per heavy atom. The zero-order valence-electron chi connectivity index (χ0n) is 19.7. The van der Waals surface area contributed by atoms with Crippen LogP contribution in [0.1, 0.15) is 55.3 Å². The van der Waals surface area contributed by atoms with E-state index in [1.165, 1.54) is 32.1 Å². The maximum Gasteiger partial charge on any atom is 0.254 e. The fraction of sp³-hybridized carbons (Fsp3) is 0.429. The van der Waals surface area contributed by atoms with Crippen LogP contribution in [-0.4, -0.2) is 57.8 Å². The molecule has 1 aliphatic carbocycles. The summed E-state index contributed by atoms with van der Waals surface area (Å²) in [5, 5.41) is 0.853. The standard InChI is InChI=1S/C28H32N4O2/c33-27(13-12-21-7-2-1-3-8-21)31-15-17-32(18-16-31)28(34)24-19-26(22-9-6-14-29-20-22)30-25-11-5-4-10-23(24)25/h4-6,9-11,14,19-21H,1-3,7-8,12-13,15-18H2. The number of piperazine rings is 1. The summed E-state index contributed by atoms with van der Waals surface area (Å²) in [6.07, 6.45) is 11.7. The van der Waals surface area contributed by atoms with Crippen molar-refractivity contribution in [3.8, 4) is 11.3 Å². The molecule has 3 heterocycles. The Labute approximate surface area is 201 Å². The van der Waals surface area contributed by atoms with Gasteiger partial charge in [-0.15, -0.1) is 0 Å². The summed E-state index contributed by atoms with van der Waals surface area (Å²) in [6, 6.07) is 13.5. The van der Waals surface area contributed by atoms with E-state index in [1.54, 1.807) is 12.4 Å². The molecule has 34 heavy (non-hydrogen) atoms. The number of carbonyl (C=O) groups is 2. The molecule has 0 atom stereocenters. The van der Waals surface area contributed by atoms with E-state index < -0.39 is 0 Å². The van der Waals surface area contributed by atoms with Crippen LogP contribution in [0.25, 0.3) is 22.2 Å². The Bertz CT molecular complexity index is 1150. The number of benzene rings is 1. The fourth-order valence-electron chi connectivity index (χ4n) is 5.31. The molecule has 1 saturated heterocycles. The summed E-state index contributed by atoms with van der Waals surface area (Å²) in [5.74, 6) is 0.957. The SMILES string of the molecule is O=C(CCC1CCCCC1)N1CCN(C(=O)c2cc(-c3cccnc3)nc3ccccc23)CC1. The Kier molecular flexibility index (Phi) is 6.84. The molecule has 0 radical (unpaired) electrons. The predicted molar refractivity (Wildman–Crippen MR) is 133 cm³/mol. The molecule has 6 heteroatoms. The van der Waals surface area contributed by atoms with Gasteiger partial charge in [0.15, 0.2) is 0 Å². The first-order valence-corrected chi connectivity index (χ1v) is 12.6.